The van der Waals surface area contributed by atoms with Gasteiger partial charge in [-0.05, 0) is 25.1 Å². The molecule has 1 aromatic carbocycles. The molecule has 0 saturated carbocycles. The van der Waals surface area contributed by atoms with Crippen molar-refractivity contribution in [2.24, 2.45) is 0 Å². The van der Waals surface area contributed by atoms with Crippen molar-refractivity contribution in [1.29, 1.82) is 0 Å². The van der Waals surface area contributed by atoms with Gasteiger partial charge >= 0.3 is 17.9 Å². The molecule has 0 radical (unpaired) electrons. The predicted octanol–water partition coefficient (Wildman–Crippen LogP) is 1.58. The zero-order valence-electron chi connectivity index (χ0n) is 11.3. The smallest absolute Gasteiger partial charge is 0.336 e. The van der Waals surface area contributed by atoms with E-state index in [1.165, 1.54) is 13.0 Å². The van der Waals surface area contributed by atoms with E-state index in [4.69, 9.17) is 19.7 Å². The van der Waals surface area contributed by atoms with Gasteiger partial charge in [0.1, 0.15) is 19.0 Å². The van der Waals surface area contributed by atoms with Crippen molar-refractivity contribution < 1.29 is 34.1 Å². The van der Waals surface area contributed by atoms with Gasteiger partial charge < -0.3 is 19.7 Å². The Hall–Kier alpha value is -2.83. The lowest BCUT2D eigenvalue weighted by atomic mass is 10.1. The quantitative estimate of drug-likeness (QED) is 0.446. The van der Waals surface area contributed by atoms with E-state index in [2.05, 4.69) is 6.58 Å². The molecule has 0 saturated heterocycles. The normalized spacial score (nSPS) is 9.76. The van der Waals surface area contributed by atoms with Crippen molar-refractivity contribution in [1.82, 2.24) is 0 Å². The van der Waals surface area contributed by atoms with Gasteiger partial charge in [-0.15, -0.1) is 0 Å². The largest absolute Gasteiger partial charge is 0.490 e. The second kappa shape index (κ2) is 7.09. The summed E-state index contributed by atoms with van der Waals surface area (Å²) in [7, 11) is 0. The number of carboxylic acids is 2. The Balaban J connectivity index is 2.67. The van der Waals surface area contributed by atoms with Crippen LogP contribution in [-0.2, 0) is 9.53 Å². The van der Waals surface area contributed by atoms with Crippen molar-refractivity contribution >= 4 is 17.9 Å². The third-order valence-electron chi connectivity index (χ3n) is 2.39. The molecule has 0 bridgehead atoms. The Bertz CT molecular complexity index is 589. The Labute approximate surface area is 120 Å². The standard InChI is InChI=1S/C14H14O7/c1-8(2)14(19)21-6-5-20-9-3-4-10(12(15)16)11(7-9)13(17)18/h3-4,7H,1,5-6H2,2H3,(H,15,16)(H,17,18). The molecule has 0 amide bonds. The van der Waals surface area contributed by atoms with E-state index in [0.29, 0.717) is 0 Å². The summed E-state index contributed by atoms with van der Waals surface area (Å²) in [5, 5.41) is 17.8. The van der Waals surface area contributed by atoms with Crippen LogP contribution < -0.4 is 4.74 Å². The molecule has 0 aliphatic heterocycles. The van der Waals surface area contributed by atoms with Crippen molar-refractivity contribution in [3.8, 4) is 5.75 Å². The van der Waals surface area contributed by atoms with Gasteiger partial charge in [-0.2, -0.15) is 0 Å². The molecule has 0 aromatic heterocycles. The molecule has 0 aliphatic rings. The first-order valence-corrected chi connectivity index (χ1v) is 5.89. The molecule has 7 heteroatoms. The molecule has 0 aliphatic carbocycles. The van der Waals surface area contributed by atoms with Crippen LogP contribution in [0.4, 0.5) is 0 Å². The Morgan fingerprint density at radius 1 is 1.10 bits per heavy atom. The second-order valence-corrected chi connectivity index (χ2v) is 4.08. The Morgan fingerprint density at radius 2 is 1.71 bits per heavy atom. The number of ether oxygens (including phenoxy) is 2. The predicted molar refractivity (Wildman–Crippen MR) is 71.6 cm³/mol. The number of hydrogen-bond acceptors (Lipinski definition) is 5. The van der Waals surface area contributed by atoms with Crippen LogP contribution in [0.25, 0.3) is 0 Å². The maximum absolute atomic E-state index is 11.1. The molecule has 0 heterocycles. The van der Waals surface area contributed by atoms with E-state index in [9.17, 15) is 14.4 Å². The van der Waals surface area contributed by atoms with Gasteiger partial charge in [-0.1, -0.05) is 6.58 Å². The summed E-state index contributed by atoms with van der Waals surface area (Å²) < 4.78 is 9.99. The molecular weight excluding hydrogens is 280 g/mol. The highest BCUT2D eigenvalue weighted by Crippen LogP contribution is 2.18. The molecule has 0 spiro atoms. The lowest BCUT2D eigenvalue weighted by Gasteiger charge is -2.09. The van der Waals surface area contributed by atoms with Crippen molar-refractivity contribution in [3.05, 3.63) is 41.5 Å². The summed E-state index contributed by atoms with van der Waals surface area (Å²) in [6, 6.07) is 3.57. The molecule has 1 aromatic rings. The van der Waals surface area contributed by atoms with Crippen LogP contribution in [0.15, 0.2) is 30.4 Å². The van der Waals surface area contributed by atoms with Crippen LogP contribution in [0, 0.1) is 0 Å². The monoisotopic (exact) mass is 294 g/mol. The summed E-state index contributed by atoms with van der Waals surface area (Å²) in [5.74, 6) is -3.09. The highest BCUT2D eigenvalue weighted by Gasteiger charge is 2.16. The SMILES string of the molecule is C=C(C)C(=O)OCCOc1ccc(C(=O)O)c(C(=O)O)c1. The molecular formula is C14H14O7. The Morgan fingerprint density at radius 3 is 2.24 bits per heavy atom. The van der Waals surface area contributed by atoms with E-state index in [1.54, 1.807) is 0 Å². The van der Waals surface area contributed by atoms with Crippen LogP contribution in [0.2, 0.25) is 0 Å². The van der Waals surface area contributed by atoms with E-state index < -0.39 is 17.9 Å². The van der Waals surface area contributed by atoms with Gasteiger partial charge in [0, 0.05) is 5.57 Å². The number of carbonyl (C=O) groups is 3. The number of hydrogen-bond donors (Lipinski definition) is 2. The summed E-state index contributed by atoms with van der Waals surface area (Å²) in [6.45, 7) is 4.89. The second-order valence-electron chi connectivity index (χ2n) is 4.08. The topological polar surface area (TPSA) is 110 Å². The van der Waals surface area contributed by atoms with E-state index in [0.717, 1.165) is 12.1 Å². The fraction of sp³-hybridized carbons (Fsp3) is 0.214. The molecule has 21 heavy (non-hydrogen) atoms. The molecule has 7 nitrogen and oxygen atoms in total. The number of carbonyl (C=O) groups excluding carboxylic acids is 1. The molecule has 0 atom stereocenters. The van der Waals surface area contributed by atoms with Gasteiger partial charge in [-0.25, -0.2) is 14.4 Å². The van der Waals surface area contributed by atoms with E-state index in [1.807, 2.05) is 0 Å². The minimum Gasteiger partial charge on any atom is -0.490 e. The molecule has 2 N–H and O–H groups in total. The first kappa shape index (κ1) is 16.2. The third-order valence-corrected chi connectivity index (χ3v) is 2.39. The summed E-state index contributed by atoms with van der Waals surface area (Å²) >= 11 is 0. The average Bonchev–Trinajstić information content (AvgIpc) is 2.42. The molecule has 0 fully saturated rings. The first-order chi connectivity index (χ1) is 9.82. The maximum atomic E-state index is 11.1. The van der Waals surface area contributed by atoms with Crippen molar-refractivity contribution in [2.45, 2.75) is 6.92 Å². The van der Waals surface area contributed by atoms with Crippen LogP contribution in [-0.4, -0.2) is 41.3 Å². The lowest BCUT2D eigenvalue weighted by Crippen LogP contribution is -2.13. The zero-order chi connectivity index (χ0) is 16.0. The number of carboxylic acid groups (broad SMARTS) is 2. The van der Waals surface area contributed by atoms with Gasteiger partial charge in [-0.3, -0.25) is 0 Å². The van der Waals surface area contributed by atoms with Gasteiger partial charge in [0.05, 0.1) is 11.1 Å². The minimum absolute atomic E-state index is 0.00446. The Kier molecular flexibility index (Phi) is 5.48. The fourth-order valence-corrected chi connectivity index (χ4v) is 1.39. The van der Waals surface area contributed by atoms with Crippen LogP contribution in [0.3, 0.4) is 0 Å². The molecule has 0 unspecified atom stereocenters. The minimum atomic E-state index is -1.37. The summed E-state index contributed by atoms with van der Waals surface area (Å²) in [4.78, 5) is 32.9. The molecule has 112 valence electrons. The van der Waals surface area contributed by atoms with Gasteiger partial charge in [0.25, 0.3) is 0 Å². The summed E-state index contributed by atoms with van der Waals surface area (Å²) in [6.07, 6.45) is 0. The average molecular weight is 294 g/mol. The highest BCUT2D eigenvalue weighted by molar-refractivity contribution is 6.02. The summed E-state index contributed by atoms with van der Waals surface area (Å²) in [5.41, 5.74) is -0.448. The van der Waals surface area contributed by atoms with Gasteiger partial charge in [0.15, 0.2) is 0 Å². The number of aromatic carboxylic acids is 2. The van der Waals surface area contributed by atoms with Crippen LogP contribution in [0.5, 0.6) is 5.75 Å². The number of esters is 1. The van der Waals surface area contributed by atoms with Crippen molar-refractivity contribution in [3.63, 3.8) is 0 Å². The highest BCUT2D eigenvalue weighted by atomic mass is 16.6. The zero-order valence-corrected chi connectivity index (χ0v) is 11.3. The fourth-order valence-electron chi connectivity index (χ4n) is 1.39. The van der Waals surface area contributed by atoms with Gasteiger partial charge in [0.2, 0.25) is 0 Å². The first-order valence-electron chi connectivity index (χ1n) is 5.89. The molecule has 1 rings (SSSR count). The third kappa shape index (κ3) is 4.64. The number of benzene rings is 1. The lowest BCUT2D eigenvalue weighted by molar-refractivity contribution is -0.139. The van der Waals surface area contributed by atoms with Crippen molar-refractivity contribution in [2.75, 3.05) is 13.2 Å². The van der Waals surface area contributed by atoms with Crippen LogP contribution >= 0.6 is 0 Å². The van der Waals surface area contributed by atoms with Crippen LogP contribution in [0.1, 0.15) is 27.6 Å². The maximum Gasteiger partial charge on any atom is 0.336 e. The van der Waals surface area contributed by atoms with E-state index in [-0.39, 0.29) is 35.7 Å². The number of rotatable bonds is 7. The van der Waals surface area contributed by atoms with E-state index >= 15 is 0 Å².